The zero-order chi connectivity index (χ0) is 21.7. The molecule has 0 radical (unpaired) electrons. The summed E-state index contributed by atoms with van der Waals surface area (Å²) in [6, 6.07) is 20.7. The monoisotopic (exact) mass is 419 g/mol. The Labute approximate surface area is 175 Å². The number of hydrogen-bond acceptors (Lipinski definition) is 4. The minimum Gasteiger partial charge on any atom is -0.322 e. The van der Waals surface area contributed by atoms with Crippen molar-refractivity contribution >= 4 is 33.9 Å². The van der Waals surface area contributed by atoms with E-state index < -0.39 is 10.0 Å². The summed E-state index contributed by atoms with van der Waals surface area (Å²) in [6.07, 6.45) is 3.00. The van der Waals surface area contributed by atoms with Crippen LogP contribution in [0.15, 0.2) is 83.3 Å². The quantitative estimate of drug-likeness (QED) is 0.414. The standard InChI is InChI=1S/C23H21N3O3S/c1-16(13-17-5-4-6-18(14-17)15-24)23(27)26-20-11-9-19(10-12-20)21-7-2-3-8-22(21)30(25,28)29/h2-15,24H,1H3,(H,26,27)(H2,25,28,29)/b16-13+,24-15?. The summed E-state index contributed by atoms with van der Waals surface area (Å²) in [5.41, 5.74) is 3.86. The summed E-state index contributed by atoms with van der Waals surface area (Å²) < 4.78 is 23.6. The van der Waals surface area contributed by atoms with Crippen molar-refractivity contribution in [2.45, 2.75) is 11.8 Å². The molecule has 152 valence electrons. The van der Waals surface area contributed by atoms with E-state index in [0.29, 0.717) is 22.4 Å². The van der Waals surface area contributed by atoms with Gasteiger partial charge in [-0.25, -0.2) is 13.6 Å². The van der Waals surface area contributed by atoms with Gasteiger partial charge in [-0.15, -0.1) is 0 Å². The van der Waals surface area contributed by atoms with Crippen LogP contribution in [0.2, 0.25) is 0 Å². The van der Waals surface area contributed by atoms with Gasteiger partial charge in [0.1, 0.15) is 0 Å². The third-order valence-corrected chi connectivity index (χ3v) is 5.44. The molecule has 0 spiro atoms. The summed E-state index contributed by atoms with van der Waals surface area (Å²) in [4.78, 5) is 12.5. The molecule has 0 fully saturated rings. The second-order valence-electron chi connectivity index (χ2n) is 6.71. The Morgan fingerprint density at radius 2 is 1.63 bits per heavy atom. The van der Waals surface area contributed by atoms with Gasteiger partial charge in [-0.05, 0) is 54.0 Å². The average molecular weight is 420 g/mol. The van der Waals surface area contributed by atoms with Gasteiger partial charge in [0.2, 0.25) is 10.0 Å². The van der Waals surface area contributed by atoms with E-state index in [1.807, 2.05) is 24.3 Å². The van der Waals surface area contributed by atoms with Gasteiger partial charge in [0.25, 0.3) is 5.91 Å². The lowest BCUT2D eigenvalue weighted by Gasteiger charge is -2.10. The number of carbonyl (C=O) groups excluding carboxylic acids is 1. The van der Waals surface area contributed by atoms with Crippen molar-refractivity contribution in [3.05, 3.63) is 89.5 Å². The Bertz CT molecular complexity index is 1230. The molecule has 30 heavy (non-hydrogen) atoms. The van der Waals surface area contributed by atoms with E-state index >= 15 is 0 Å². The fraction of sp³-hybridized carbons (Fsp3) is 0.0435. The second-order valence-corrected chi connectivity index (χ2v) is 8.24. The molecule has 6 nitrogen and oxygen atoms in total. The topological polar surface area (TPSA) is 113 Å². The predicted octanol–water partition coefficient (Wildman–Crippen LogP) is 4.04. The van der Waals surface area contributed by atoms with Crippen LogP contribution in [0.5, 0.6) is 0 Å². The number of nitrogens with two attached hydrogens (primary N) is 1. The number of carbonyl (C=O) groups is 1. The molecule has 3 aromatic carbocycles. The first-order chi connectivity index (χ1) is 14.3. The molecule has 0 aliphatic heterocycles. The van der Waals surface area contributed by atoms with Gasteiger partial charge in [-0.1, -0.05) is 48.5 Å². The van der Waals surface area contributed by atoms with Gasteiger partial charge in [-0.3, -0.25) is 4.79 Å². The first-order valence-corrected chi connectivity index (χ1v) is 10.6. The SMILES string of the molecule is C/C(=C\c1cccc(C=N)c1)C(=O)Nc1ccc(-c2ccccc2S(N)(=O)=O)cc1. The summed E-state index contributed by atoms with van der Waals surface area (Å²) in [7, 11) is -3.85. The van der Waals surface area contributed by atoms with Gasteiger partial charge in [0, 0.05) is 23.0 Å². The molecule has 0 aliphatic carbocycles. The molecule has 1 amide bonds. The van der Waals surface area contributed by atoms with Crippen LogP contribution in [0.1, 0.15) is 18.1 Å². The number of primary sulfonamides is 1. The van der Waals surface area contributed by atoms with E-state index in [9.17, 15) is 13.2 Å². The molecule has 0 aromatic heterocycles. The zero-order valence-electron chi connectivity index (χ0n) is 16.3. The van der Waals surface area contributed by atoms with Gasteiger partial charge in [0.15, 0.2) is 0 Å². The second kappa shape index (κ2) is 8.86. The molecule has 0 aliphatic rings. The molecule has 0 saturated heterocycles. The number of hydrogen-bond donors (Lipinski definition) is 3. The van der Waals surface area contributed by atoms with Crippen LogP contribution in [0.25, 0.3) is 17.2 Å². The smallest absolute Gasteiger partial charge is 0.251 e. The molecular formula is C23H21N3O3S. The van der Waals surface area contributed by atoms with E-state index in [4.69, 9.17) is 10.5 Å². The van der Waals surface area contributed by atoms with Crippen molar-refractivity contribution in [1.82, 2.24) is 0 Å². The largest absolute Gasteiger partial charge is 0.322 e. The molecule has 0 heterocycles. The maximum absolute atomic E-state index is 12.5. The highest BCUT2D eigenvalue weighted by Gasteiger charge is 2.14. The van der Waals surface area contributed by atoms with Crippen LogP contribution >= 0.6 is 0 Å². The van der Waals surface area contributed by atoms with Crippen molar-refractivity contribution < 1.29 is 13.2 Å². The number of anilines is 1. The number of benzene rings is 3. The normalized spacial score (nSPS) is 11.7. The van der Waals surface area contributed by atoms with Gasteiger partial charge < -0.3 is 10.7 Å². The van der Waals surface area contributed by atoms with Crippen molar-refractivity contribution in [2.24, 2.45) is 5.14 Å². The first kappa shape index (κ1) is 21.2. The van der Waals surface area contributed by atoms with Gasteiger partial charge >= 0.3 is 0 Å². The lowest BCUT2D eigenvalue weighted by Crippen LogP contribution is -2.13. The Morgan fingerprint density at radius 3 is 2.30 bits per heavy atom. The van der Waals surface area contributed by atoms with Crippen LogP contribution in [-0.4, -0.2) is 20.5 Å². The van der Waals surface area contributed by atoms with E-state index in [2.05, 4.69) is 5.32 Å². The number of sulfonamides is 1. The highest BCUT2D eigenvalue weighted by Crippen LogP contribution is 2.27. The molecule has 3 rings (SSSR count). The van der Waals surface area contributed by atoms with Crippen LogP contribution in [0, 0.1) is 5.41 Å². The third kappa shape index (κ3) is 5.08. The van der Waals surface area contributed by atoms with Gasteiger partial charge in [0.05, 0.1) is 4.90 Å². The molecule has 0 unspecified atom stereocenters. The fourth-order valence-corrected chi connectivity index (χ4v) is 3.73. The Balaban J connectivity index is 1.78. The number of rotatable bonds is 6. The predicted molar refractivity (Wildman–Crippen MR) is 120 cm³/mol. The van der Waals surface area contributed by atoms with E-state index in [0.717, 1.165) is 11.1 Å². The maximum Gasteiger partial charge on any atom is 0.251 e. The summed E-state index contributed by atoms with van der Waals surface area (Å²) in [5, 5.41) is 15.4. The summed E-state index contributed by atoms with van der Waals surface area (Å²) in [6.45, 7) is 1.71. The average Bonchev–Trinajstić information content (AvgIpc) is 2.73. The molecule has 0 atom stereocenters. The van der Waals surface area contributed by atoms with Crippen molar-refractivity contribution in [1.29, 1.82) is 5.41 Å². The number of nitrogens with one attached hydrogen (secondary N) is 2. The van der Waals surface area contributed by atoms with Crippen LogP contribution in [0.3, 0.4) is 0 Å². The van der Waals surface area contributed by atoms with E-state index in [-0.39, 0.29) is 10.8 Å². The summed E-state index contributed by atoms with van der Waals surface area (Å²) in [5.74, 6) is -0.257. The van der Waals surface area contributed by atoms with Crippen LogP contribution in [0.4, 0.5) is 5.69 Å². The fourth-order valence-electron chi connectivity index (χ4n) is 2.97. The minimum atomic E-state index is -3.85. The first-order valence-electron chi connectivity index (χ1n) is 9.10. The Hall–Kier alpha value is -3.55. The maximum atomic E-state index is 12.5. The van der Waals surface area contributed by atoms with E-state index in [1.54, 1.807) is 55.5 Å². The molecule has 0 bridgehead atoms. The van der Waals surface area contributed by atoms with Crippen molar-refractivity contribution in [3.63, 3.8) is 0 Å². The minimum absolute atomic E-state index is 0.0488. The lowest BCUT2D eigenvalue weighted by molar-refractivity contribution is -0.112. The van der Waals surface area contributed by atoms with E-state index in [1.165, 1.54) is 12.3 Å². The van der Waals surface area contributed by atoms with Crippen LogP contribution < -0.4 is 10.5 Å². The highest BCUT2D eigenvalue weighted by atomic mass is 32.2. The molecule has 3 aromatic rings. The summed E-state index contributed by atoms with van der Waals surface area (Å²) >= 11 is 0. The van der Waals surface area contributed by atoms with Crippen molar-refractivity contribution in [3.8, 4) is 11.1 Å². The molecule has 7 heteroatoms. The van der Waals surface area contributed by atoms with Crippen molar-refractivity contribution in [2.75, 3.05) is 5.32 Å². The molecular weight excluding hydrogens is 398 g/mol. The van der Waals surface area contributed by atoms with Crippen LogP contribution in [-0.2, 0) is 14.8 Å². The zero-order valence-corrected chi connectivity index (χ0v) is 17.1. The number of amides is 1. The third-order valence-electron chi connectivity index (χ3n) is 4.47. The Morgan fingerprint density at radius 1 is 0.967 bits per heavy atom. The van der Waals surface area contributed by atoms with Gasteiger partial charge in [-0.2, -0.15) is 0 Å². The Kier molecular flexibility index (Phi) is 6.25. The molecule has 4 N–H and O–H groups in total. The molecule has 0 saturated carbocycles. The lowest BCUT2D eigenvalue weighted by atomic mass is 10.1. The highest BCUT2D eigenvalue weighted by molar-refractivity contribution is 7.89.